The summed E-state index contributed by atoms with van der Waals surface area (Å²) in [4.78, 5) is 0. The van der Waals surface area contributed by atoms with E-state index in [1.165, 1.54) is 6.07 Å². The molecule has 0 aromatic heterocycles. The molecule has 2 aromatic carbocycles. The van der Waals surface area contributed by atoms with Gasteiger partial charge in [0.05, 0.1) is 9.50 Å². The summed E-state index contributed by atoms with van der Waals surface area (Å²) in [7, 11) is 0. The average molecular weight is 379 g/mol. The highest BCUT2D eigenvalue weighted by molar-refractivity contribution is 9.10. The first-order chi connectivity index (χ1) is 9.52. The van der Waals surface area contributed by atoms with Gasteiger partial charge in [-0.25, -0.2) is 4.39 Å². The zero-order valence-corrected chi connectivity index (χ0v) is 13.4. The Morgan fingerprint density at radius 3 is 2.65 bits per heavy atom. The van der Waals surface area contributed by atoms with E-state index in [2.05, 4.69) is 15.9 Å². The zero-order valence-electron chi connectivity index (χ0n) is 10.3. The van der Waals surface area contributed by atoms with Crippen molar-refractivity contribution >= 4 is 39.1 Å². The van der Waals surface area contributed by atoms with Gasteiger partial charge in [0, 0.05) is 22.7 Å². The van der Waals surface area contributed by atoms with Crippen LogP contribution in [-0.2, 0) is 13.2 Å². The number of hydrogen-bond donors (Lipinski definition) is 1. The Morgan fingerprint density at radius 2 is 1.95 bits per heavy atom. The third-order valence-corrected chi connectivity index (χ3v) is 4.10. The fourth-order valence-electron chi connectivity index (χ4n) is 1.74. The Labute approximate surface area is 134 Å². The molecule has 2 aromatic rings. The molecular weight excluding hydrogens is 368 g/mol. The van der Waals surface area contributed by atoms with Crippen molar-refractivity contribution in [1.82, 2.24) is 0 Å². The molecule has 0 aliphatic heterocycles. The molecule has 0 unspecified atom stereocenters. The van der Waals surface area contributed by atoms with Gasteiger partial charge >= 0.3 is 0 Å². The number of benzene rings is 2. The number of nitrogens with two attached hydrogens (primary N) is 1. The number of ether oxygens (including phenoxy) is 1. The summed E-state index contributed by atoms with van der Waals surface area (Å²) in [5.74, 6) is 0.127. The summed E-state index contributed by atoms with van der Waals surface area (Å²) in [6, 6.07) is 8.03. The van der Waals surface area contributed by atoms with Gasteiger partial charge in [-0.1, -0.05) is 35.3 Å². The Balaban J connectivity index is 2.25. The molecule has 0 aliphatic rings. The number of halogens is 4. The SMILES string of the molecule is NCc1cc(Cl)cc(Cl)c1OCc1cccc(F)c1Br. The van der Waals surface area contributed by atoms with Crippen molar-refractivity contribution in [3.05, 3.63) is 61.8 Å². The minimum Gasteiger partial charge on any atom is -0.487 e. The minimum absolute atomic E-state index is 0.173. The standard InChI is InChI=1S/C14H11BrCl2FNO/c15-13-8(2-1-3-12(13)18)7-20-14-9(6-19)4-10(16)5-11(14)17/h1-5H,6-7,19H2. The quantitative estimate of drug-likeness (QED) is 0.818. The molecule has 0 bridgehead atoms. The van der Waals surface area contributed by atoms with E-state index >= 15 is 0 Å². The van der Waals surface area contributed by atoms with Crippen molar-refractivity contribution in [2.45, 2.75) is 13.2 Å². The van der Waals surface area contributed by atoms with Crippen LogP contribution in [0.4, 0.5) is 4.39 Å². The summed E-state index contributed by atoms with van der Waals surface area (Å²) < 4.78 is 19.5. The number of rotatable bonds is 4. The molecule has 2 N–H and O–H groups in total. The highest BCUT2D eigenvalue weighted by atomic mass is 79.9. The van der Waals surface area contributed by atoms with Gasteiger partial charge in [-0.05, 0) is 34.1 Å². The lowest BCUT2D eigenvalue weighted by Gasteiger charge is -2.13. The maximum absolute atomic E-state index is 13.4. The fraction of sp³-hybridized carbons (Fsp3) is 0.143. The monoisotopic (exact) mass is 377 g/mol. The molecule has 0 spiro atoms. The molecule has 0 radical (unpaired) electrons. The van der Waals surface area contributed by atoms with Gasteiger partial charge in [0.1, 0.15) is 18.2 Å². The van der Waals surface area contributed by atoms with Crippen molar-refractivity contribution in [1.29, 1.82) is 0 Å². The number of hydrogen-bond acceptors (Lipinski definition) is 2. The summed E-state index contributed by atoms with van der Waals surface area (Å²) in [5.41, 5.74) is 7.03. The summed E-state index contributed by atoms with van der Waals surface area (Å²) in [6.45, 7) is 0.423. The summed E-state index contributed by atoms with van der Waals surface area (Å²) in [5, 5.41) is 0.875. The lowest BCUT2D eigenvalue weighted by Crippen LogP contribution is -2.04. The van der Waals surface area contributed by atoms with Crippen molar-refractivity contribution < 1.29 is 9.13 Å². The van der Waals surface area contributed by atoms with Crippen molar-refractivity contribution in [3.63, 3.8) is 0 Å². The van der Waals surface area contributed by atoms with E-state index in [1.807, 2.05) is 0 Å². The normalized spacial score (nSPS) is 10.7. The van der Waals surface area contributed by atoms with Gasteiger partial charge in [-0.15, -0.1) is 0 Å². The van der Waals surface area contributed by atoms with Crippen molar-refractivity contribution in [3.8, 4) is 5.75 Å². The summed E-state index contributed by atoms with van der Waals surface area (Å²) >= 11 is 15.2. The van der Waals surface area contributed by atoms with Gasteiger partial charge in [0.2, 0.25) is 0 Å². The summed E-state index contributed by atoms with van der Waals surface area (Å²) in [6.07, 6.45) is 0. The maximum atomic E-state index is 13.4. The van der Waals surface area contributed by atoms with Crippen LogP contribution < -0.4 is 10.5 Å². The molecule has 0 amide bonds. The highest BCUT2D eigenvalue weighted by Gasteiger charge is 2.12. The molecule has 2 rings (SSSR count). The first kappa shape index (κ1) is 15.6. The van der Waals surface area contributed by atoms with Crippen molar-refractivity contribution in [2.75, 3.05) is 0 Å². The minimum atomic E-state index is -0.340. The van der Waals surface area contributed by atoms with E-state index < -0.39 is 0 Å². The van der Waals surface area contributed by atoms with Crippen LogP contribution in [0.25, 0.3) is 0 Å². The fourth-order valence-corrected chi connectivity index (χ4v) is 2.71. The molecule has 0 aliphatic carbocycles. The van der Waals surface area contributed by atoms with Crippen LogP contribution >= 0.6 is 39.1 Å². The van der Waals surface area contributed by atoms with Gasteiger partial charge in [0.15, 0.2) is 0 Å². The van der Waals surface area contributed by atoms with Crippen LogP contribution in [-0.4, -0.2) is 0 Å². The largest absolute Gasteiger partial charge is 0.487 e. The lowest BCUT2D eigenvalue weighted by atomic mass is 10.2. The maximum Gasteiger partial charge on any atom is 0.142 e. The molecule has 6 heteroatoms. The van der Waals surface area contributed by atoms with Crippen LogP contribution in [0.5, 0.6) is 5.75 Å². The second kappa shape index (κ2) is 6.76. The Kier molecular flexibility index (Phi) is 5.27. The first-order valence-corrected chi connectivity index (χ1v) is 7.31. The molecule has 0 atom stereocenters. The first-order valence-electron chi connectivity index (χ1n) is 5.76. The topological polar surface area (TPSA) is 35.2 Å². The van der Waals surface area contributed by atoms with E-state index in [4.69, 9.17) is 33.7 Å². The second-order valence-electron chi connectivity index (χ2n) is 4.08. The van der Waals surface area contributed by atoms with Crippen molar-refractivity contribution in [2.24, 2.45) is 5.73 Å². The third kappa shape index (κ3) is 3.44. The van der Waals surface area contributed by atoms with E-state index in [0.717, 1.165) is 0 Å². The van der Waals surface area contributed by atoms with Gasteiger partial charge in [-0.2, -0.15) is 0 Å². The third-order valence-electron chi connectivity index (χ3n) is 2.71. The molecule has 2 nitrogen and oxygen atoms in total. The predicted octanol–water partition coefficient (Wildman–Crippen LogP) is 4.93. The van der Waals surface area contributed by atoms with Crippen LogP contribution in [0.15, 0.2) is 34.8 Å². The Bertz CT molecular complexity index is 637. The van der Waals surface area contributed by atoms with Crippen LogP contribution in [0.1, 0.15) is 11.1 Å². The van der Waals surface area contributed by atoms with Crippen LogP contribution in [0.2, 0.25) is 10.0 Å². The van der Waals surface area contributed by atoms with Crippen LogP contribution in [0, 0.1) is 5.82 Å². The zero-order chi connectivity index (χ0) is 14.7. The van der Waals surface area contributed by atoms with Crippen LogP contribution in [0.3, 0.4) is 0 Å². The molecule has 106 valence electrons. The van der Waals surface area contributed by atoms with E-state index in [0.29, 0.717) is 31.4 Å². The Morgan fingerprint density at radius 1 is 1.20 bits per heavy atom. The van der Waals surface area contributed by atoms with E-state index in [9.17, 15) is 4.39 Å². The molecule has 0 saturated heterocycles. The van der Waals surface area contributed by atoms with E-state index in [1.54, 1.807) is 24.3 Å². The molecule has 0 saturated carbocycles. The lowest BCUT2D eigenvalue weighted by molar-refractivity contribution is 0.301. The van der Waals surface area contributed by atoms with E-state index in [-0.39, 0.29) is 19.0 Å². The molecule has 20 heavy (non-hydrogen) atoms. The highest BCUT2D eigenvalue weighted by Crippen LogP contribution is 2.33. The Hall–Kier alpha value is -0.810. The van der Waals surface area contributed by atoms with Gasteiger partial charge in [0.25, 0.3) is 0 Å². The molecule has 0 heterocycles. The average Bonchev–Trinajstić information content (AvgIpc) is 2.41. The van der Waals surface area contributed by atoms with Gasteiger partial charge < -0.3 is 10.5 Å². The molecule has 0 fully saturated rings. The second-order valence-corrected chi connectivity index (χ2v) is 5.72. The predicted molar refractivity (Wildman–Crippen MR) is 82.8 cm³/mol. The molecular formula is C14H11BrCl2FNO. The smallest absolute Gasteiger partial charge is 0.142 e. The van der Waals surface area contributed by atoms with Gasteiger partial charge in [-0.3, -0.25) is 0 Å².